The van der Waals surface area contributed by atoms with Gasteiger partial charge >= 0.3 is 0 Å². The summed E-state index contributed by atoms with van der Waals surface area (Å²) < 4.78 is 18.7. The van der Waals surface area contributed by atoms with Crippen LogP contribution in [0.3, 0.4) is 0 Å². The Morgan fingerprint density at radius 2 is 2.07 bits per heavy atom. The number of anilines is 1. The molecule has 6 nitrogen and oxygen atoms in total. The molecule has 0 spiro atoms. The second-order valence-corrected chi connectivity index (χ2v) is 7.22. The maximum absolute atomic E-state index is 13.4. The first-order valence-electron chi connectivity index (χ1n) is 9.79. The minimum atomic E-state index is -0.352. The molecule has 2 heterocycles. The Hall–Kier alpha value is -2.90. The fourth-order valence-corrected chi connectivity index (χ4v) is 3.55. The summed E-state index contributed by atoms with van der Waals surface area (Å²) in [7, 11) is 0. The maximum atomic E-state index is 13.4. The van der Waals surface area contributed by atoms with Crippen LogP contribution in [0.4, 0.5) is 15.8 Å². The predicted molar refractivity (Wildman–Crippen MR) is 114 cm³/mol. The summed E-state index contributed by atoms with van der Waals surface area (Å²) in [5.41, 5.74) is 4.07. The number of aliphatic imine (C=N–C) groups is 1. The third kappa shape index (κ3) is 4.58. The van der Waals surface area contributed by atoms with Crippen LogP contribution in [0.5, 0.6) is 5.88 Å². The molecule has 2 aromatic carbocycles. The van der Waals surface area contributed by atoms with Crippen molar-refractivity contribution in [3.63, 3.8) is 0 Å². The van der Waals surface area contributed by atoms with Gasteiger partial charge in [0, 0.05) is 43.5 Å². The standard InChI is InChI=1S/C22H25FN4O2/c1-15-12-17(3-5-20(15)24-6-7-27-8-10-29-11-9-27)25-14-19-18-4-2-16(23)13-21(18)26-22(19)28/h2-5,12-14,24,26,28H,6-11H2,1H3. The van der Waals surface area contributed by atoms with E-state index in [1.807, 2.05) is 25.1 Å². The van der Waals surface area contributed by atoms with Crippen LogP contribution < -0.4 is 5.32 Å². The molecule has 1 aliphatic rings. The van der Waals surface area contributed by atoms with Crippen LogP contribution in [0.25, 0.3) is 10.9 Å². The van der Waals surface area contributed by atoms with Crippen LogP contribution in [0.2, 0.25) is 0 Å². The number of nitrogens with one attached hydrogen (secondary N) is 2. The van der Waals surface area contributed by atoms with Gasteiger partial charge in [0.05, 0.1) is 30.0 Å². The lowest BCUT2D eigenvalue weighted by molar-refractivity contribution is 0.0398. The van der Waals surface area contributed by atoms with Gasteiger partial charge in [0.25, 0.3) is 0 Å². The monoisotopic (exact) mass is 396 g/mol. The van der Waals surface area contributed by atoms with E-state index in [-0.39, 0.29) is 11.7 Å². The second kappa shape index (κ2) is 8.63. The van der Waals surface area contributed by atoms with Gasteiger partial charge in [0.2, 0.25) is 0 Å². The highest BCUT2D eigenvalue weighted by atomic mass is 19.1. The van der Waals surface area contributed by atoms with Gasteiger partial charge in [-0.25, -0.2) is 4.39 Å². The van der Waals surface area contributed by atoms with E-state index < -0.39 is 0 Å². The molecule has 1 fully saturated rings. The highest BCUT2D eigenvalue weighted by Gasteiger charge is 2.11. The summed E-state index contributed by atoms with van der Waals surface area (Å²) in [6.07, 6.45) is 1.60. The van der Waals surface area contributed by atoms with Crippen molar-refractivity contribution in [1.82, 2.24) is 9.88 Å². The average Bonchev–Trinajstić information content (AvgIpc) is 3.02. The van der Waals surface area contributed by atoms with Crippen molar-refractivity contribution in [2.75, 3.05) is 44.7 Å². The van der Waals surface area contributed by atoms with E-state index in [4.69, 9.17) is 4.74 Å². The zero-order valence-electron chi connectivity index (χ0n) is 16.4. The van der Waals surface area contributed by atoms with Crippen molar-refractivity contribution in [3.8, 4) is 5.88 Å². The average molecular weight is 396 g/mol. The lowest BCUT2D eigenvalue weighted by atomic mass is 10.1. The number of ether oxygens (including phenoxy) is 1. The van der Waals surface area contributed by atoms with Crippen LogP contribution in [0.1, 0.15) is 11.1 Å². The van der Waals surface area contributed by atoms with Gasteiger partial charge in [0.1, 0.15) is 5.82 Å². The summed E-state index contributed by atoms with van der Waals surface area (Å²) >= 11 is 0. The van der Waals surface area contributed by atoms with Gasteiger partial charge in [-0.3, -0.25) is 9.89 Å². The van der Waals surface area contributed by atoms with E-state index in [2.05, 4.69) is 20.2 Å². The lowest BCUT2D eigenvalue weighted by Gasteiger charge is -2.26. The maximum Gasteiger partial charge on any atom is 0.198 e. The Labute approximate surface area is 169 Å². The van der Waals surface area contributed by atoms with Crippen LogP contribution in [-0.2, 0) is 4.74 Å². The van der Waals surface area contributed by atoms with Crippen molar-refractivity contribution in [2.45, 2.75) is 6.92 Å². The Bertz CT molecular complexity index is 1030. The highest BCUT2D eigenvalue weighted by molar-refractivity contribution is 6.02. The number of aryl methyl sites for hydroxylation is 1. The largest absolute Gasteiger partial charge is 0.494 e. The van der Waals surface area contributed by atoms with Crippen LogP contribution in [0, 0.1) is 12.7 Å². The molecule has 0 unspecified atom stereocenters. The number of morpholine rings is 1. The molecule has 1 saturated heterocycles. The predicted octanol–water partition coefficient (Wildman–Crippen LogP) is 3.82. The van der Waals surface area contributed by atoms with Crippen LogP contribution >= 0.6 is 0 Å². The zero-order valence-corrected chi connectivity index (χ0v) is 16.4. The first kappa shape index (κ1) is 19.4. The highest BCUT2D eigenvalue weighted by Crippen LogP contribution is 2.27. The van der Waals surface area contributed by atoms with Crippen molar-refractivity contribution >= 4 is 28.5 Å². The fourth-order valence-electron chi connectivity index (χ4n) is 3.55. The smallest absolute Gasteiger partial charge is 0.198 e. The summed E-state index contributed by atoms with van der Waals surface area (Å²) in [6.45, 7) is 7.51. The Kier molecular flexibility index (Phi) is 5.78. The van der Waals surface area contributed by atoms with Crippen molar-refractivity contribution in [2.24, 2.45) is 4.99 Å². The van der Waals surface area contributed by atoms with E-state index in [0.717, 1.165) is 61.7 Å². The van der Waals surface area contributed by atoms with Gasteiger partial charge in [-0.15, -0.1) is 0 Å². The zero-order chi connectivity index (χ0) is 20.2. The number of aromatic amines is 1. The van der Waals surface area contributed by atoms with Crippen LogP contribution in [0.15, 0.2) is 41.4 Å². The van der Waals surface area contributed by atoms with Crippen molar-refractivity contribution in [3.05, 3.63) is 53.3 Å². The van der Waals surface area contributed by atoms with Gasteiger partial charge in [0.15, 0.2) is 5.88 Å². The van der Waals surface area contributed by atoms with E-state index in [0.29, 0.717) is 11.1 Å². The molecular formula is C22H25FN4O2. The summed E-state index contributed by atoms with van der Waals surface area (Å²) in [4.78, 5) is 9.66. The first-order chi connectivity index (χ1) is 14.1. The number of aromatic hydroxyl groups is 1. The van der Waals surface area contributed by atoms with E-state index in [1.165, 1.54) is 12.1 Å². The lowest BCUT2D eigenvalue weighted by Crippen LogP contribution is -2.39. The third-order valence-corrected chi connectivity index (χ3v) is 5.18. The van der Waals surface area contributed by atoms with E-state index in [1.54, 1.807) is 12.3 Å². The molecule has 1 aliphatic heterocycles. The normalized spacial score (nSPS) is 15.4. The van der Waals surface area contributed by atoms with Gasteiger partial charge in [-0.05, 0) is 48.9 Å². The number of nitrogens with zero attached hydrogens (tertiary/aromatic N) is 2. The molecule has 0 bridgehead atoms. The molecule has 1 aromatic heterocycles. The summed E-state index contributed by atoms with van der Waals surface area (Å²) in [5, 5.41) is 14.3. The van der Waals surface area contributed by atoms with E-state index >= 15 is 0 Å². The number of halogens is 1. The van der Waals surface area contributed by atoms with Gasteiger partial charge in [-0.2, -0.15) is 0 Å². The van der Waals surface area contributed by atoms with Crippen LogP contribution in [-0.4, -0.2) is 60.6 Å². The number of benzene rings is 2. The Balaban J connectivity index is 1.42. The number of H-pyrrole nitrogens is 1. The number of aromatic nitrogens is 1. The molecule has 0 atom stereocenters. The molecular weight excluding hydrogens is 371 g/mol. The first-order valence-corrected chi connectivity index (χ1v) is 9.79. The molecule has 152 valence electrons. The number of hydrogen-bond donors (Lipinski definition) is 3. The molecule has 4 rings (SSSR count). The Morgan fingerprint density at radius 3 is 2.86 bits per heavy atom. The Morgan fingerprint density at radius 1 is 1.24 bits per heavy atom. The summed E-state index contributed by atoms with van der Waals surface area (Å²) in [5.74, 6) is -0.373. The molecule has 29 heavy (non-hydrogen) atoms. The SMILES string of the molecule is Cc1cc(N=Cc2c(O)[nH]c3cc(F)ccc23)ccc1NCCN1CCOCC1. The van der Waals surface area contributed by atoms with Gasteiger partial charge in [-0.1, -0.05) is 0 Å². The number of rotatable bonds is 6. The molecule has 3 aromatic rings. The molecule has 0 radical (unpaired) electrons. The number of fused-ring (bicyclic) bond motifs is 1. The minimum Gasteiger partial charge on any atom is -0.494 e. The topological polar surface area (TPSA) is 72.9 Å². The number of hydrogen-bond acceptors (Lipinski definition) is 5. The third-order valence-electron chi connectivity index (χ3n) is 5.18. The fraction of sp³-hybridized carbons (Fsp3) is 0.318. The van der Waals surface area contributed by atoms with E-state index in [9.17, 15) is 9.50 Å². The van der Waals surface area contributed by atoms with Crippen molar-refractivity contribution in [1.29, 1.82) is 0 Å². The molecule has 7 heteroatoms. The quantitative estimate of drug-likeness (QED) is 0.554. The van der Waals surface area contributed by atoms with Gasteiger partial charge < -0.3 is 20.1 Å². The molecule has 3 N–H and O–H groups in total. The molecule has 0 aliphatic carbocycles. The molecule has 0 amide bonds. The molecule has 0 saturated carbocycles. The summed E-state index contributed by atoms with van der Waals surface area (Å²) in [6, 6.07) is 10.3. The van der Waals surface area contributed by atoms with Crippen molar-refractivity contribution < 1.29 is 14.2 Å². The second-order valence-electron chi connectivity index (χ2n) is 7.22. The minimum absolute atomic E-state index is 0.0209.